The van der Waals surface area contributed by atoms with Gasteiger partial charge in [-0.1, -0.05) is 0 Å². The van der Waals surface area contributed by atoms with E-state index in [0.717, 1.165) is 12.8 Å². The zero-order chi connectivity index (χ0) is 14.0. The molecule has 0 N–H and O–H groups in total. The molecule has 1 saturated heterocycles. The monoisotopic (exact) mass is 267 g/mol. The minimum Gasteiger partial charge on any atom is -0.339 e. The van der Waals surface area contributed by atoms with Crippen LogP contribution in [0.5, 0.6) is 0 Å². The van der Waals surface area contributed by atoms with Crippen molar-refractivity contribution in [3.05, 3.63) is 0 Å². The molecule has 2 rings (SSSR count). The van der Waals surface area contributed by atoms with E-state index in [0.29, 0.717) is 26.2 Å². The molecule has 0 bridgehead atoms. The van der Waals surface area contributed by atoms with Crippen LogP contribution in [-0.4, -0.2) is 71.2 Å². The zero-order valence-corrected chi connectivity index (χ0v) is 11.6. The van der Waals surface area contributed by atoms with E-state index < -0.39 is 0 Å². The summed E-state index contributed by atoms with van der Waals surface area (Å²) in [5.74, 6) is 0.0129. The second kappa shape index (κ2) is 5.59. The smallest absolute Gasteiger partial charge is 0.242 e. The van der Waals surface area contributed by atoms with Crippen molar-refractivity contribution >= 4 is 17.7 Å². The summed E-state index contributed by atoms with van der Waals surface area (Å²) in [4.78, 5) is 40.0. The number of rotatable bonds is 3. The van der Waals surface area contributed by atoms with Crippen molar-refractivity contribution in [3.63, 3.8) is 0 Å². The summed E-state index contributed by atoms with van der Waals surface area (Å²) in [5.41, 5.74) is 0. The third kappa shape index (κ3) is 3.45. The number of piperazine rings is 1. The van der Waals surface area contributed by atoms with E-state index in [1.807, 2.05) is 0 Å². The van der Waals surface area contributed by atoms with Gasteiger partial charge in [-0.05, 0) is 12.8 Å². The molecule has 0 atom stereocenters. The molecular weight excluding hydrogens is 246 g/mol. The normalized spacial score (nSPS) is 19.3. The van der Waals surface area contributed by atoms with E-state index in [2.05, 4.69) is 0 Å². The first-order chi connectivity index (χ1) is 8.99. The molecule has 0 aromatic rings. The minimum atomic E-state index is -0.0294. The van der Waals surface area contributed by atoms with E-state index in [9.17, 15) is 14.4 Å². The van der Waals surface area contributed by atoms with Crippen molar-refractivity contribution in [3.8, 4) is 0 Å². The molecule has 0 unspecified atom stereocenters. The molecule has 0 aromatic carbocycles. The summed E-state index contributed by atoms with van der Waals surface area (Å²) in [5, 5.41) is 0. The second-order valence-electron chi connectivity index (χ2n) is 5.26. The molecule has 0 radical (unpaired) electrons. The van der Waals surface area contributed by atoms with Crippen molar-refractivity contribution in [2.45, 2.75) is 32.7 Å². The van der Waals surface area contributed by atoms with E-state index >= 15 is 0 Å². The van der Waals surface area contributed by atoms with Gasteiger partial charge in [-0.15, -0.1) is 0 Å². The molecule has 1 aliphatic heterocycles. The van der Waals surface area contributed by atoms with Crippen molar-refractivity contribution in [2.24, 2.45) is 0 Å². The Labute approximate surface area is 113 Å². The minimum absolute atomic E-state index is 0.00898. The molecule has 2 fully saturated rings. The molecular formula is C13H21N3O3. The van der Waals surface area contributed by atoms with Gasteiger partial charge in [0.15, 0.2) is 0 Å². The standard InChI is InChI=1S/C13H21N3O3/c1-10(17)14-5-7-15(8-6-14)13(19)9-16(11(2)18)12-3-4-12/h12H,3-9H2,1-2H3. The summed E-state index contributed by atoms with van der Waals surface area (Å²) in [6.45, 7) is 5.54. The summed E-state index contributed by atoms with van der Waals surface area (Å²) in [6, 6.07) is 0.264. The van der Waals surface area contributed by atoms with Gasteiger partial charge in [-0.3, -0.25) is 14.4 Å². The van der Waals surface area contributed by atoms with Crippen LogP contribution in [0.3, 0.4) is 0 Å². The third-order valence-electron chi connectivity index (χ3n) is 3.78. The number of carbonyl (C=O) groups excluding carboxylic acids is 3. The van der Waals surface area contributed by atoms with Crippen LogP contribution in [0.2, 0.25) is 0 Å². The first-order valence-corrected chi connectivity index (χ1v) is 6.79. The lowest BCUT2D eigenvalue weighted by Crippen LogP contribution is -2.52. The number of hydrogen-bond donors (Lipinski definition) is 0. The van der Waals surface area contributed by atoms with Gasteiger partial charge in [0.2, 0.25) is 17.7 Å². The maximum atomic E-state index is 12.2. The largest absolute Gasteiger partial charge is 0.339 e. The quantitative estimate of drug-likeness (QED) is 0.704. The van der Waals surface area contributed by atoms with Crippen LogP contribution in [0.1, 0.15) is 26.7 Å². The number of hydrogen-bond acceptors (Lipinski definition) is 3. The van der Waals surface area contributed by atoms with E-state index in [1.165, 1.54) is 6.92 Å². The Morgan fingerprint density at radius 2 is 1.53 bits per heavy atom. The fraction of sp³-hybridized carbons (Fsp3) is 0.769. The van der Waals surface area contributed by atoms with Gasteiger partial charge in [0, 0.05) is 46.1 Å². The highest BCUT2D eigenvalue weighted by molar-refractivity contribution is 5.84. The van der Waals surface area contributed by atoms with Crippen LogP contribution in [0, 0.1) is 0 Å². The SMILES string of the molecule is CC(=O)N1CCN(C(=O)CN(C(C)=O)C2CC2)CC1. The lowest BCUT2D eigenvalue weighted by atomic mass is 10.3. The van der Waals surface area contributed by atoms with E-state index in [1.54, 1.807) is 21.6 Å². The average molecular weight is 267 g/mol. The first kappa shape index (κ1) is 13.8. The predicted octanol–water partition coefficient (Wildman–Crippen LogP) is -0.312. The predicted molar refractivity (Wildman–Crippen MR) is 69.2 cm³/mol. The highest BCUT2D eigenvalue weighted by Gasteiger charge is 2.33. The maximum Gasteiger partial charge on any atom is 0.242 e. The number of carbonyl (C=O) groups is 3. The molecule has 6 nitrogen and oxygen atoms in total. The van der Waals surface area contributed by atoms with E-state index in [-0.39, 0.29) is 30.3 Å². The molecule has 6 heteroatoms. The van der Waals surface area contributed by atoms with E-state index in [4.69, 9.17) is 0 Å². The van der Waals surface area contributed by atoms with Crippen LogP contribution >= 0.6 is 0 Å². The fourth-order valence-electron chi connectivity index (χ4n) is 2.40. The van der Waals surface area contributed by atoms with Crippen molar-refractivity contribution in [2.75, 3.05) is 32.7 Å². The lowest BCUT2D eigenvalue weighted by molar-refractivity contribution is -0.142. The topological polar surface area (TPSA) is 60.9 Å². The van der Waals surface area contributed by atoms with Crippen LogP contribution in [-0.2, 0) is 14.4 Å². The summed E-state index contributed by atoms with van der Waals surface area (Å²) in [6.07, 6.45) is 2.01. The molecule has 106 valence electrons. The molecule has 0 spiro atoms. The van der Waals surface area contributed by atoms with Crippen LogP contribution in [0.15, 0.2) is 0 Å². The Bertz CT molecular complexity index is 385. The number of nitrogens with zero attached hydrogens (tertiary/aromatic N) is 3. The third-order valence-corrected chi connectivity index (χ3v) is 3.78. The Kier molecular flexibility index (Phi) is 4.07. The molecule has 1 aliphatic carbocycles. The van der Waals surface area contributed by atoms with Gasteiger partial charge in [0.25, 0.3) is 0 Å². The van der Waals surface area contributed by atoms with Crippen molar-refractivity contribution < 1.29 is 14.4 Å². The van der Waals surface area contributed by atoms with Crippen molar-refractivity contribution in [1.29, 1.82) is 0 Å². The van der Waals surface area contributed by atoms with Crippen LogP contribution < -0.4 is 0 Å². The molecule has 3 amide bonds. The summed E-state index contributed by atoms with van der Waals surface area (Å²) in [7, 11) is 0. The zero-order valence-electron chi connectivity index (χ0n) is 11.6. The molecule has 2 aliphatic rings. The fourth-order valence-corrected chi connectivity index (χ4v) is 2.40. The molecule has 0 aromatic heterocycles. The second-order valence-corrected chi connectivity index (χ2v) is 5.26. The Balaban J connectivity index is 1.83. The highest BCUT2D eigenvalue weighted by Crippen LogP contribution is 2.26. The molecule has 1 heterocycles. The molecule has 19 heavy (non-hydrogen) atoms. The van der Waals surface area contributed by atoms with Crippen molar-refractivity contribution in [1.82, 2.24) is 14.7 Å². The van der Waals surface area contributed by atoms with Crippen LogP contribution in [0.4, 0.5) is 0 Å². The van der Waals surface area contributed by atoms with Gasteiger partial charge in [-0.25, -0.2) is 0 Å². The average Bonchev–Trinajstić information content (AvgIpc) is 3.19. The maximum absolute atomic E-state index is 12.2. The van der Waals surface area contributed by atoms with Gasteiger partial charge < -0.3 is 14.7 Å². The Morgan fingerprint density at radius 1 is 1.00 bits per heavy atom. The van der Waals surface area contributed by atoms with Gasteiger partial charge >= 0.3 is 0 Å². The first-order valence-electron chi connectivity index (χ1n) is 6.79. The summed E-state index contributed by atoms with van der Waals surface area (Å²) >= 11 is 0. The Hall–Kier alpha value is -1.59. The number of amides is 3. The van der Waals surface area contributed by atoms with Gasteiger partial charge in [0.1, 0.15) is 0 Å². The van der Waals surface area contributed by atoms with Gasteiger partial charge in [-0.2, -0.15) is 0 Å². The Morgan fingerprint density at radius 3 is 1.95 bits per heavy atom. The van der Waals surface area contributed by atoms with Gasteiger partial charge in [0.05, 0.1) is 6.54 Å². The molecule has 1 saturated carbocycles. The van der Waals surface area contributed by atoms with Crippen LogP contribution in [0.25, 0.3) is 0 Å². The summed E-state index contributed by atoms with van der Waals surface area (Å²) < 4.78 is 0. The lowest BCUT2D eigenvalue weighted by Gasteiger charge is -2.35. The highest BCUT2D eigenvalue weighted by atomic mass is 16.2.